The summed E-state index contributed by atoms with van der Waals surface area (Å²) in [6.45, 7) is 2.07. The number of unbranched alkanes of at least 4 members (excludes halogenated alkanes) is 2. The summed E-state index contributed by atoms with van der Waals surface area (Å²) in [5.41, 5.74) is 2.23. The van der Waals surface area contributed by atoms with E-state index in [4.69, 9.17) is 0 Å². The van der Waals surface area contributed by atoms with Gasteiger partial charge in [0, 0.05) is 15.5 Å². The summed E-state index contributed by atoms with van der Waals surface area (Å²) in [6, 6.07) is 14.4. The van der Waals surface area contributed by atoms with Crippen molar-refractivity contribution >= 4 is 27.7 Å². The molecular weight excluding hydrogens is 425 g/mol. The molecule has 2 rings (SSSR count). The van der Waals surface area contributed by atoms with E-state index >= 15 is 0 Å². The molecule has 6 heteroatoms. The van der Waals surface area contributed by atoms with Crippen LogP contribution in [0.4, 0.5) is 13.2 Å². The second-order valence-corrected chi connectivity index (χ2v) is 8.06. The Morgan fingerprint density at radius 1 is 1.00 bits per heavy atom. The Hall–Kier alpha value is -1.14. The molecule has 1 atom stereocenters. The summed E-state index contributed by atoms with van der Waals surface area (Å²) in [4.78, 5) is 1.20. The number of ether oxygens (including phenoxy) is 1. The maximum absolute atomic E-state index is 12.3. The molecule has 1 unspecified atom stereocenters. The van der Waals surface area contributed by atoms with Gasteiger partial charge in [-0.15, -0.1) is 24.9 Å². The predicted octanol–water partition coefficient (Wildman–Crippen LogP) is 7.68. The van der Waals surface area contributed by atoms with Gasteiger partial charge in [-0.2, -0.15) is 0 Å². The minimum absolute atomic E-state index is 0.180. The Morgan fingerprint density at radius 2 is 1.69 bits per heavy atom. The Bertz CT molecular complexity index is 674. The first-order valence-corrected chi connectivity index (χ1v) is 10.5. The van der Waals surface area contributed by atoms with Crippen LogP contribution < -0.4 is 4.74 Å². The number of halogens is 4. The summed E-state index contributed by atoms with van der Waals surface area (Å²) in [7, 11) is 0. The molecule has 0 saturated heterocycles. The van der Waals surface area contributed by atoms with E-state index in [0.717, 1.165) is 36.6 Å². The van der Waals surface area contributed by atoms with Crippen LogP contribution >= 0.6 is 27.7 Å². The van der Waals surface area contributed by atoms with E-state index in [9.17, 15) is 13.2 Å². The van der Waals surface area contributed by atoms with E-state index in [0.29, 0.717) is 0 Å². The number of thioether (sulfide) groups is 1. The van der Waals surface area contributed by atoms with Crippen molar-refractivity contribution in [3.8, 4) is 5.75 Å². The second kappa shape index (κ2) is 10.3. The normalized spacial score (nSPS) is 12.8. The monoisotopic (exact) mass is 446 g/mol. The summed E-state index contributed by atoms with van der Waals surface area (Å²) in [5.74, 6) is -0.180. The fraction of sp³-hybridized carbons (Fsp3) is 0.400. The average Bonchev–Trinajstić information content (AvgIpc) is 2.59. The number of rotatable bonds is 9. The fourth-order valence-electron chi connectivity index (χ4n) is 2.62. The Kier molecular flexibility index (Phi) is 8.35. The summed E-state index contributed by atoms with van der Waals surface area (Å²) >= 11 is 5.22. The minimum atomic E-state index is -4.66. The second-order valence-electron chi connectivity index (χ2n) is 6.03. The lowest BCUT2D eigenvalue weighted by molar-refractivity contribution is -0.274. The molecule has 0 saturated carbocycles. The summed E-state index contributed by atoms with van der Waals surface area (Å²) in [6.07, 6.45) is -0.348. The molecule has 0 N–H and O–H groups in total. The van der Waals surface area contributed by atoms with Crippen molar-refractivity contribution in [3.63, 3.8) is 0 Å². The number of benzene rings is 2. The highest BCUT2D eigenvalue weighted by atomic mass is 79.9. The Morgan fingerprint density at radius 3 is 2.31 bits per heavy atom. The van der Waals surface area contributed by atoms with Gasteiger partial charge in [-0.25, -0.2) is 0 Å². The molecule has 0 heterocycles. The number of alkyl halides is 4. The van der Waals surface area contributed by atoms with Crippen LogP contribution in [0.25, 0.3) is 0 Å². The third kappa shape index (κ3) is 7.23. The van der Waals surface area contributed by atoms with Crippen LogP contribution in [0, 0.1) is 6.92 Å². The molecule has 142 valence electrons. The molecule has 2 aromatic carbocycles. The van der Waals surface area contributed by atoms with Crippen molar-refractivity contribution in [2.24, 2.45) is 0 Å². The molecule has 0 fully saturated rings. The van der Waals surface area contributed by atoms with Gasteiger partial charge in [0.25, 0.3) is 0 Å². The third-order valence-electron chi connectivity index (χ3n) is 3.95. The standard InChI is InChI=1S/C20H22BrF3OS/c1-15-7-4-5-8-18(15)26-19(9-3-2-6-14-21)16-10-12-17(13-11-16)25-20(22,23)24/h4-5,7-8,10-13,19H,2-3,6,9,14H2,1H3. The van der Waals surface area contributed by atoms with Gasteiger partial charge < -0.3 is 4.74 Å². The molecule has 1 nitrogen and oxygen atoms in total. The third-order valence-corrected chi connectivity index (χ3v) is 6.01. The van der Waals surface area contributed by atoms with Gasteiger partial charge >= 0.3 is 6.36 Å². The zero-order valence-corrected chi connectivity index (χ0v) is 17.0. The van der Waals surface area contributed by atoms with Crippen LogP contribution in [0.1, 0.15) is 42.1 Å². The van der Waals surface area contributed by atoms with Crippen molar-refractivity contribution in [2.75, 3.05) is 5.33 Å². The largest absolute Gasteiger partial charge is 0.573 e. The van der Waals surface area contributed by atoms with E-state index in [1.54, 1.807) is 23.9 Å². The molecule has 0 aliphatic rings. The van der Waals surface area contributed by atoms with Crippen LogP contribution in [0.15, 0.2) is 53.4 Å². The van der Waals surface area contributed by atoms with Gasteiger partial charge in [-0.1, -0.05) is 59.1 Å². The number of hydrogen-bond donors (Lipinski definition) is 0. The fourth-order valence-corrected chi connectivity index (χ4v) is 4.31. The van der Waals surface area contributed by atoms with Crippen molar-refractivity contribution in [2.45, 2.75) is 49.1 Å². The zero-order valence-electron chi connectivity index (χ0n) is 14.6. The van der Waals surface area contributed by atoms with Crippen LogP contribution in [-0.2, 0) is 0 Å². The van der Waals surface area contributed by atoms with Gasteiger partial charge in [-0.05, 0) is 49.1 Å². The highest BCUT2D eigenvalue weighted by molar-refractivity contribution is 9.09. The SMILES string of the molecule is Cc1ccccc1SC(CCCCCBr)c1ccc(OC(F)(F)F)cc1. The smallest absolute Gasteiger partial charge is 0.406 e. The zero-order chi connectivity index (χ0) is 19.0. The Labute approximate surface area is 165 Å². The Balaban J connectivity index is 2.13. The maximum atomic E-state index is 12.3. The van der Waals surface area contributed by atoms with Gasteiger partial charge in [0.15, 0.2) is 0 Å². The summed E-state index contributed by atoms with van der Waals surface area (Å²) < 4.78 is 41.0. The first-order chi connectivity index (χ1) is 12.4. The minimum Gasteiger partial charge on any atom is -0.406 e. The van der Waals surface area contributed by atoms with Gasteiger partial charge in [0.05, 0.1) is 0 Å². The number of hydrogen-bond acceptors (Lipinski definition) is 2. The van der Waals surface area contributed by atoms with Crippen molar-refractivity contribution in [1.29, 1.82) is 0 Å². The highest BCUT2D eigenvalue weighted by Gasteiger charge is 2.31. The molecule has 26 heavy (non-hydrogen) atoms. The van der Waals surface area contributed by atoms with Crippen LogP contribution in [0.5, 0.6) is 5.75 Å². The highest BCUT2D eigenvalue weighted by Crippen LogP contribution is 2.41. The topological polar surface area (TPSA) is 9.23 Å². The molecule has 0 aromatic heterocycles. The van der Waals surface area contributed by atoms with E-state index in [2.05, 4.69) is 39.7 Å². The van der Waals surface area contributed by atoms with Crippen molar-refractivity contribution < 1.29 is 17.9 Å². The van der Waals surface area contributed by atoms with Gasteiger partial charge in [0.1, 0.15) is 5.75 Å². The van der Waals surface area contributed by atoms with Crippen molar-refractivity contribution in [3.05, 3.63) is 59.7 Å². The number of aryl methyl sites for hydroxylation is 1. The van der Waals surface area contributed by atoms with Crippen LogP contribution in [0.2, 0.25) is 0 Å². The predicted molar refractivity (Wildman–Crippen MR) is 105 cm³/mol. The lowest BCUT2D eigenvalue weighted by Gasteiger charge is -2.19. The molecule has 2 aromatic rings. The molecular formula is C20H22BrF3OS. The molecule has 0 spiro atoms. The first-order valence-electron chi connectivity index (χ1n) is 8.53. The lowest BCUT2D eigenvalue weighted by atomic mass is 10.1. The molecule has 0 aliphatic heterocycles. The first kappa shape index (κ1) is 21.2. The van der Waals surface area contributed by atoms with E-state index in [-0.39, 0.29) is 11.0 Å². The molecule has 0 bridgehead atoms. The molecule has 0 aliphatic carbocycles. The van der Waals surface area contributed by atoms with Gasteiger partial charge in [0.2, 0.25) is 0 Å². The lowest BCUT2D eigenvalue weighted by Crippen LogP contribution is -2.17. The van der Waals surface area contributed by atoms with E-state index in [1.807, 2.05) is 12.1 Å². The molecule has 0 radical (unpaired) electrons. The van der Waals surface area contributed by atoms with Crippen LogP contribution in [-0.4, -0.2) is 11.7 Å². The van der Waals surface area contributed by atoms with Gasteiger partial charge in [-0.3, -0.25) is 0 Å². The van der Waals surface area contributed by atoms with E-state index < -0.39 is 6.36 Å². The average molecular weight is 447 g/mol. The van der Waals surface area contributed by atoms with Crippen molar-refractivity contribution in [1.82, 2.24) is 0 Å². The summed E-state index contributed by atoms with van der Waals surface area (Å²) in [5, 5.41) is 1.19. The quantitative estimate of drug-likeness (QED) is 0.222. The van der Waals surface area contributed by atoms with E-state index in [1.165, 1.54) is 22.6 Å². The van der Waals surface area contributed by atoms with Crippen LogP contribution in [0.3, 0.4) is 0 Å². The molecule has 0 amide bonds. The maximum Gasteiger partial charge on any atom is 0.573 e.